The molecule has 0 fully saturated rings. The average Bonchev–Trinajstić information content (AvgIpc) is 2.35. The second-order valence-corrected chi connectivity index (χ2v) is 3.59. The van der Waals surface area contributed by atoms with Gasteiger partial charge in [0.1, 0.15) is 0 Å². The molecule has 7 heteroatoms. The lowest BCUT2D eigenvalue weighted by molar-refractivity contribution is -0.139. The zero-order valence-corrected chi connectivity index (χ0v) is 11.6. The third-order valence-electron chi connectivity index (χ3n) is 1.89. The molecule has 0 aliphatic rings. The van der Waals surface area contributed by atoms with Gasteiger partial charge in [-0.05, 0) is 12.8 Å². The molecule has 0 aliphatic heterocycles. The minimum atomic E-state index is -0.870. The summed E-state index contributed by atoms with van der Waals surface area (Å²) in [5, 5.41) is 16.3. The van der Waals surface area contributed by atoms with Crippen molar-refractivity contribution in [3.05, 3.63) is 0 Å². The maximum atomic E-state index is 9.90. The number of rotatable bonds is 11. The number of ether oxygens (including phenoxy) is 3. The first kappa shape index (κ1) is 20.1. The third-order valence-corrected chi connectivity index (χ3v) is 1.89. The summed E-state index contributed by atoms with van der Waals surface area (Å²) < 4.78 is 14.6. The Balaban J connectivity index is 0. The van der Waals surface area contributed by atoms with Crippen molar-refractivity contribution in [2.75, 3.05) is 40.6 Å². The van der Waals surface area contributed by atoms with Gasteiger partial charge in [0, 0.05) is 27.1 Å². The number of carboxylic acid groups (broad SMARTS) is 2. The molecule has 0 aromatic carbocycles. The predicted molar refractivity (Wildman–Crippen MR) is 68.3 cm³/mol. The summed E-state index contributed by atoms with van der Waals surface area (Å²) in [5.41, 5.74) is 0. The van der Waals surface area contributed by atoms with Gasteiger partial charge in [-0.15, -0.1) is 0 Å². The van der Waals surface area contributed by atoms with E-state index in [4.69, 9.17) is 24.4 Å². The zero-order valence-electron chi connectivity index (χ0n) is 11.6. The molecule has 0 atom stereocenters. The molecule has 0 aromatic heterocycles. The molecular formula is C12H24O7. The third kappa shape index (κ3) is 26.4. The Morgan fingerprint density at radius 1 is 0.789 bits per heavy atom. The van der Waals surface area contributed by atoms with E-state index in [-0.39, 0.29) is 12.8 Å². The van der Waals surface area contributed by atoms with Crippen LogP contribution >= 0.6 is 0 Å². The summed E-state index contributed by atoms with van der Waals surface area (Å²) >= 11 is 0. The van der Waals surface area contributed by atoms with Gasteiger partial charge in [-0.25, -0.2) is 0 Å². The Morgan fingerprint density at radius 2 is 1.16 bits per heavy atom. The Morgan fingerprint density at radius 3 is 1.42 bits per heavy atom. The smallest absolute Gasteiger partial charge is 0.303 e. The number of methoxy groups -OCH3 is 2. The molecule has 0 spiro atoms. The molecule has 0 radical (unpaired) electrons. The van der Waals surface area contributed by atoms with E-state index in [0.29, 0.717) is 39.3 Å². The normalized spacial score (nSPS) is 9.58. The number of carboxylic acids is 2. The fourth-order valence-electron chi connectivity index (χ4n) is 0.939. The van der Waals surface area contributed by atoms with Crippen molar-refractivity contribution < 1.29 is 34.0 Å². The van der Waals surface area contributed by atoms with Gasteiger partial charge in [-0.1, -0.05) is 0 Å². The van der Waals surface area contributed by atoms with Gasteiger partial charge >= 0.3 is 11.9 Å². The number of aliphatic carboxylic acids is 2. The van der Waals surface area contributed by atoms with Crippen LogP contribution < -0.4 is 0 Å². The molecule has 19 heavy (non-hydrogen) atoms. The van der Waals surface area contributed by atoms with E-state index in [1.165, 1.54) is 0 Å². The first-order chi connectivity index (χ1) is 9.04. The fraction of sp³-hybridized carbons (Fsp3) is 0.833. The molecule has 0 amide bonds. The first-order valence-electron chi connectivity index (χ1n) is 6.03. The monoisotopic (exact) mass is 280 g/mol. The minimum absolute atomic E-state index is 0.0628. The van der Waals surface area contributed by atoms with Crippen LogP contribution in [-0.4, -0.2) is 62.8 Å². The van der Waals surface area contributed by atoms with Crippen LogP contribution in [0, 0.1) is 0 Å². The quantitative estimate of drug-likeness (QED) is 0.544. The van der Waals surface area contributed by atoms with Crippen LogP contribution in [0.15, 0.2) is 0 Å². The average molecular weight is 280 g/mol. The molecule has 0 bridgehead atoms. The van der Waals surface area contributed by atoms with E-state index >= 15 is 0 Å². The van der Waals surface area contributed by atoms with Gasteiger partial charge in [-0.3, -0.25) is 9.59 Å². The lowest BCUT2D eigenvalue weighted by atomic mass is 10.2. The van der Waals surface area contributed by atoms with Crippen molar-refractivity contribution in [2.45, 2.75) is 25.7 Å². The Bertz CT molecular complexity index is 196. The molecule has 2 N–H and O–H groups in total. The lowest BCUT2D eigenvalue weighted by Gasteiger charge is -2.00. The fourth-order valence-corrected chi connectivity index (χ4v) is 0.939. The molecule has 0 heterocycles. The Labute approximate surface area is 113 Å². The van der Waals surface area contributed by atoms with Gasteiger partial charge in [0.25, 0.3) is 0 Å². The van der Waals surface area contributed by atoms with Crippen LogP contribution in [0.2, 0.25) is 0 Å². The molecular weight excluding hydrogens is 256 g/mol. The van der Waals surface area contributed by atoms with Gasteiger partial charge in [0.05, 0.1) is 26.4 Å². The lowest BCUT2D eigenvalue weighted by Crippen LogP contribution is -2.06. The maximum absolute atomic E-state index is 9.90. The number of hydrogen-bond donors (Lipinski definition) is 2. The number of hydrogen-bond acceptors (Lipinski definition) is 5. The molecule has 0 saturated heterocycles. The van der Waals surface area contributed by atoms with Crippen molar-refractivity contribution in [1.82, 2.24) is 0 Å². The van der Waals surface area contributed by atoms with Crippen LogP contribution in [0.4, 0.5) is 0 Å². The molecule has 0 aromatic rings. The van der Waals surface area contributed by atoms with Gasteiger partial charge in [-0.2, -0.15) is 0 Å². The standard InChI is InChI=1S/C6H10O4.C6H14O3/c7-5(8)3-1-2-4-6(9)10;1-7-3-5-9-6-4-8-2/h1-4H2,(H,7,8)(H,9,10);3-6H2,1-2H3. The van der Waals surface area contributed by atoms with E-state index in [9.17, 15) is 9.59 Å². The molecule has 0 rings (SSSR count). The number of unbranched alkanes of at least 4 members (excludes halogenated alkanes) is 1. The summed E-state index contributed by atoms with van der Waals surface area (Å²) in [5.74, 6) is -1.74. The highest BCUT2D eigenvalue weighted by molar-refractivity contribution is 5.67. The van der Waals surface area contributed by atoms with E-state index in [1.807, 2.05) is 0 Å². The highest BCUT2D eigenvalue weighted by Gasteiger charge is 1.99. The highest BCUT2D eigenvalue weighted by atomic mass is 16.5. The van der Waals surface area contributed by atoms with E-state index < -0.39 is 11.9 Å². The Hall–Kier alpha value is -1.18. The highest BCUT2D eigenvalue weighted by Crippen LogP contribution is 1.98. The van der Waals surface area contributed by atoms with Crippen LogP contribution in [0.3, 0.4) is 0 Å². The molecule has 114 valence electrons. The molecule has 0 unspecified atom stereocenters. The van der Waals surface area contributed by atoms with Crippen molar-refractivity contribution >= 4 is 11.9 Å². The van der Waals surface area contributed by atoms with E-state index in [0.717, 1.165) is 0 Å². The van der Waals surface area contributed by atoms with Crippen molar-refractivity contribution in [3.8, 4) is 0 Å². The summed E-state index contributed by atoms with van der Waals surface area (Å²) in [6, 6.07) is 0. The van der Waals surface area contributed by atoms with E-state index in [1.54, 1.807) is 14.2 Å². The van der Waals surface area contributed by atoms with E-state index in [2.05, 4.69) is 0 Å². The Kier molecular flexibility index (Phi) is 17.8. The topological polar surface area (TPSA) is 102 Å². The first-order valence-corrected chi connectivity index (χ1v) is 6.03. The second-order valence-electron chi connectivity index (χ2n) is 3.59. The molecule has 7 nitrogen and oxygen atoms in total. The summed E-state index contributed by atoms with van der Waals surface area (Å²) in [7, 11) is 3.30. The van der Waals surface area contributed by atoms with Crippen LogP contribution in [0.25, 0.3) is 0 Å². The molecule has 0 saturated carbocycles. The van der Waals surface area contributed by atoms with Crippen molar-refractivity contribution in [3.63, 3.8) is 0 Å². The van der Waals surface area contributed by atoms with Crippen LogP contribution in [0.5, 0.6) is 0 Å². The largest absolute Gasteiger partial charge is 0.481 e. The molecule has 0 aliphatic carbocycles. The SMILES string of the molecule is COCCOCCOC.O=C(O)CCCCC(=O)O. The number of carbonyl (C=O) groups is 2. The minimum Gasteiger partial charge on any atom is -0.481 e. The second kappa shape index (κ2) is 16.8. The van der Waals surface area contributed by atoms with Gasteiger partial charge < -0.3 is 24.4 Å². The van der Waals surface area contributed by atoms with Crippen molar-refractivity contribution in [1.29, 1.82) is 0 Å². The van der Waals surface area contributed by atoms with Crippen molar-refractivity contribution in [2.24, 2.45) is 0 Å². The van der Waals surface area contributed by atoms with Gasteiger partial charge in [0.15, 0.2) is 0 Å². The van der Waals surface area contributed by atoms with Crippen LogP contribution in [0.1, 0.15) is 25.7 Å². The predicted octanol–water partition coefficient (Wildman–Crippen LogP) is 1.01. The summed E-state index contributed by atoms with van der Waals surface area (Å²) in [6.07, 6.45) is 1.02. The zero-order chi connectivity index (χ0) is 14.9. The van der Waals surface area contributed by atoms with Gasteiger partial charge in [0.2, 0.25) is 0 Å². The van der Waals surface area contributed by atoms with Crippen LogP contribution in [-0.2, 0) is 23.8 Å². The summed E-state index contributed by atoms with van der Waals surface area (Å²) in [6.45, 7) is 2.62. The summed E-state index contributed by atoms with van der Waals surface area (Å²) in [4.78, 5) is 19.8. The maximum Gasteiger partial charge on any atom is 0.303 e.